The van der Waals surface area contributed by atoms with E-state index in [1.54, 1.807) is 18.3 Å². The average molecular weight is 262 g/mol. The maximum Gasteiger partial charge on any atom is 0.128 e. The minimum atomic E-state index is -0.215. The van der Waals surface area contributed by atoms with E-state index in [9.17, 15) is 4.39 Å². The summed E-state index contributed by atoms with van der Waals surface area (Å²) < 4.78 is 15.8. The van der Waals surface area contributed by atoms with Gasteiger partial charge in [0.2, 0.25) is 0 Å². The van der Waals surface area contributed by atoms with Crippen LogP contribution in [0.1, 0.15) is 37.6 Å². The number of nitrogens with one attached hydrogen (secondary N) is 1. The van der Waals surface area contributed by atoms with E-state index in [0.717, 1.165) is 25.2 Å². The van der Waals surface area contributed by atoms with Crippen LogP contribution in [0.4, 0.5) is 4.39 Å². The fraction of sp³-hybridized carbons (Fsp3) is 0.429. The summed E-state index contributed by atoms with van der Waals surface area (Å²) in [5.74, 6) is -0.210. The molecule has 19 heavy (non-hydrogen) atoms. The summed E-state index contributed by atoms with van der Waals surface area (Å²) in [6.07, 6.45) is 2.67. The Kier molecular flexibility index (Phi) is 4.63. The Morgan fingerprint density at radius 2 is 2.11 bits per heavy atom. The number of hydrogen-bond acceptors (Lipinski definition) is 3. The van der Waals surface area contributed by atoms with Gasteiger partial charge in [-0.1, -0.05) is 37.3 Å². The predicted molar refractivity (Wildman–Crippen MR) is 72.2 cm³/mol. The quantitative estimate of drug-likeness (QED) is 0.870. The smallest absolute Gasteiger partial charge is 0.128 e. The Morgan fingerprint density at radius 3 is 2.79 bits per heavy atom. The van der Waals surface area contributed by atoms with E-state index >= 15 is 0 Å². The van der Waals surface area contributed by atoms with Crippen LogP contribution < -0.4 is 5.32 Å². The molecule has 0 radical (unpaired) electrons. The van der Waals surface area contributed by atoms with Gasteiger partial charge in [0.15, 0.2) is 0 Å². The van der Waals surface area contributed by atoms with Gasteiger partial charge in [-0.2, -0.15) is 0 Å². The molecule has 1 aromatic heterocycles. The zero-order valence-electron chi connectivity index (χ0n) is 11.3. The summed E-state index contributed by atoms with van der Waals surface area (Å²) in [4.78, 5) is 0. The molecule has 5 heteroatoms. The number of aryl methyl sites for hydroxylation is 1. The highest BCUT2D eigenvalue weighted by Gasteiger charge is 2.20. The van der Waals surface area contributed by atoms with Crippen molar-refractivity contribution in [2.45, 2.75) is 32.9 Å². The molecule has 0 aliphatic heterocycles. The van der Waals surface area contributed by atoms with Crippen molar-refractivity contribution in [3.05, 3.63) is 47.5 Å². The number of aromatic nitrogens is 3. The van der Waals surface area contributed by atoms with E-state index in [2.05, 4.69) is 22.6 Å². The standard InChI is InChI=1S/C14H19FN4/c1-3-9-19-13(10-17-18-19)14(16-4-2)11-7-5-6-8-12(11)15/h5-8,10,14,16H,3-4,9H2,1-2H3. The number of nitrogens with zero attached hydrogens (tertiary/aromatic N) is 3. The van der Waals surface area contributed by atoms with E-state index in [1.165, 1.54) is 6.07 Å². The van der Waals surface area contributed by atoms with Crippen LogP contribution >= 0.6 is 0 Å². The molecule has 0 amide bonds. The van der Waals surface area contributed by atoms with Crippen LogP contribution in [0, 0.1) is 5.82 Å². The minimum absolute atomic E-state index is 0.210. The molecule has 0 spiro atoms. The molecule has 0 aliphatic carbocycles. The molecule has 1 N–H and O–H groups in total. The van der Waals surface area contributed by atoms with Crippen LogP contribution in [-0.2, 0) is 6.54 Å². The number of hydrogen-bond donors (Lipinski definition) is 1. The average Bonchev–Trinajstić information content (AvgIpc) is 2.86. The number of benzene rings is 1. The maximum atomic E-state index is 14.0. The van der Waals surface area contributed by atoms with Crippen LogP contribution in [0.25, 0.3) is 0 Å². The van der Waals surface area contributed by atoms with Gasteiger partial charge in [-0.3, -0.25) is 0 Å². The van der Waals surface area contributed by atoms with Crippen molar-refractivity contribution in [2.24, 2.45) is 0 Å². The second-order valence-electron chi connectivity index (χ2n) is 4.39. The number of rotatable bonds is 6. The molecule has 0 saturated carbocycles. The van der Waals surface area contributed by atoms with Gasteiger partial charge < -0.3 is 5.32 Å². The van der Waals surface area contributed by atoms with E-state index in [4.69, 9.17) is 0 Å². The van der Waals surface area contributed by atoms with Crippen molar-refractivity contribution >= 4 is 0 Å². The molecule has 1 aromatic carbocycles. The van der Waals surface area contributed by atoms with Gasteiger partial charge in [0.25, 0.3) is 0 Å². The van der Waals surface area contributed by atoms with Crippen molar-refractivity contribution < 1.29 is 4.39 Å². The summed E-state index contributed by atoms with van der Waals surface area (Å²) in [6, 6.07) is 6.60. The Balaban J connectivity index is 2.40. The van der Waals surface area contributed by atoms with Crippen molar-refractivity contribution in [3.63, 3.8) is 0 Å². The predicted octanol–water partition coefficient (Wildman–Crippen LogP) is 2.53. The minimum Gasteiger partial charge on any atom is -0.305 e. The summed E-state index contributed by atoms with van der Waals surface area (Å²) in [5, 5.41) is 11.3. The lowest BCUT2D eigenvalue weighted by molar-refractivity contribution is 0.496. The lowest BCUT2D eigenvalue weighted by Gasteiger charge is -2.19. The normalized spacial score (nSPS) is 12.6. The van der Waals surface area contributed by atoms with Crippen LogP contribution in [-0.4, -0.2) is 21.5 Å². The van der Waals surface area contributed by atoms with Crippen molar-refractivity contribution in [1.29, 1.82) is 0 Å². The first-order valence-electron chi connectivity index (χ1n) is 6.64. The van der Waals surface area contributed by atoms with Crippen LogP contribution in [0.2, 0.25) is 0 Å². The molecule has 102 valence electrons. The van der Waals surface area contributed by atoms with E-state index in [-0.39, 0.29) is 11.9 Å². The van der Waals surface area contributed by atoms with Gasteiger partial charge in [0, 0.05) is 12.1 Å². The van der Waals surface area contributed by atoms with Gasteiger partial charge in [-0.15, -0.1) is 5.10 Å². The third-order valence-electron chi connectivity index (χ3n) is 3.00. The highest BCUT2D eigenvalue weighted by atomic mass is 19.1. The van der Waals surface area contributed by atoms with Gasteiger partial charge >= 0.3 is 0 Å². The molecule has 1 unspecified atom stereocenters. The lowest BCUT2D eigenvalue weighted by Crippen LogP contribution is -2.25. The molecule has 0 saturated heterocycles. The van der Waals surface area contributed by atoms with Gasteiger partial charge in [-0.05, 0) is 19.0 Å². The van der Waals surface area contributed by atoms with Crippen molar-refractivity contribution in [3.8, 4) is 0 Å². The molecule has 2 aromatic rings. The molecular formula is C14H19FN4. The first-order valence-corrected chi connectivity index (χ1v) is 6.64. The third kappa shape index (κ3) is 2.98. The fourth-order valence-corrected chi connectivity index (χ4v) is 2.16. The second kappa shape index (κ2) is 6.43. The van der Waals surface area contributed by atoms with Crippen LogP contribution in [0.3, 0.4) is 0 Å². The van der Waals surface area contributed by atoms with Gasteiger partial charge in [0.05, 0.1) is 17.9 Å². The molecule has 2 rings (SSSR count). The molecule has 0 bridgehead atoms. The first kappa shape index (κ1) is 13.7. The second-order valence-corrected chi connectivity index (χ2v) is 4.39. The van der Waals surface area contributed by atoms with Gasteiger partial charge in [-0.25, -0.2) is 9.07 Å². The Bertz CT molecular complexity index is 524. The zero-order chi connectivity index (χ0) is 13.7. The first-order chi connectivity index (χ1) is 9.27. The van der Waals surface area contributed by atoms with Crippen LogP contribution in [0.15, 0.2) is 30.5 Å². The molecule has 0 aliphatic rings. The van der Waals surface area contributed by atoms with E-state index in [0.29, 0.717) is 5.56 Å². The van der Waals surface area contributed by atoms with Gasteiger partial charge in [0.1, 0.15) is 5.82 Å². The fourth-order valence-electron chi connectivity index (χ4n) is 2.16. The van der Waals surface area contributed by atoms with Crippen molar-refractivity contribution in [1.82, 2.24) is 20.3 Å². The van der Waals surface area contributed by atoms with E-state index in [1.807, 2.05) is 17.7 Å². The molecule has 4 nitrogen and oxygen atoms in total. The number of halogens is 1. The summed E-state index contributed by atoms with van der Waals surface area (Å²) in [6.45, 7) is 5.61. The lowest BCUT2D eigenvalue weighted by atomic mass is 10.0. The third-order valence-corrected chi connectivity index (χ3v) is 3.00. The largest absolute Gasteiger partial charge is 0.305 e. The topological polar surface area (TPSA) is 42.7 Å². The molecule has 1 atom stereocenters. The highest BCUT2D eigenvalue weighted by molar-refractivity contribution is 5.28. The molecular weight excluding hydrogens is 243 g/mol. The monoisotopic (exact) mass is 262 g/mol. The zero-order valence-corrected chi connectivity index (χ0v) is 11.3. The Morgan fingerprint density at radius 1 is 1.32 bits per heavy atom. The Hall–Kier alpha value is -1.75. The summed E-state index contributed by atoms with van der Waals surface area (Å²) in [7, 11) is 0. The highest BCUT2D eigenvalue weighted by Crippen LogP contribution is 2.23. The molecule has 1 heterocycles. The van der Waals surface area contributed by atoms with Crippen molar-refractivity contribution in [2.75, 3.05) is 6.54 Å². The SMILES string of the molecule is CCCn1nncc1C(NCC)c1ccccc1F. The maximum absolute atomic E-state index is 14.0. The molecule has 0 fully saturated rings. The van der Waals surface area contributed by atoms with Crippen LogP contribution in [0.5, 0.6) is 0 Å². The Labute approximate surface area is 112 Å². The van der Waals surface area contributed by atoms with E-state index < -0.39 is 0 Å². The summed E-state index contributed by atoms with van der Waals surface area (Å²) >= 11 is 0. The summed E-state index contributed by atoms with van der Waals surface area (Å²) in [5.41, 5.74) is 1.53.